The predicted octanol–water partition coefficient (Wildman–Crippen LogP) is 0.444. The molecule has 1 atom stereocenters. The summed E-state index contributed by atoms with van der Waals surface area (Å²) < 4.78 is 0. The summed E-state index contributed by atoms with van der Waals surface area (Å²) in [6, 6.07) is 0. The van der Waals surface area contributed by atoms with Gasteiger partial charge in [0.15, 0.2) is 0 Å². The molecule has 0 unspecified atom stereocenters. The summed E-state index contributed by atoms with van der Waals surface area (Å²) in [7, 11) is 2.22. The fraction of sp³-hybridized carbons (Fsp3) is 1.00. The quantitative estimate of drug-likeness (QED) is 0.525. The van der Waals surface area contributed by atoms with Crippen molar-refractivity contribution in [3.05, 3.63) is 0 Å². The number of likely N-dealkylation sites (tertiary alicyclic amines) is 1. The van der Waals surface area contributed by atoms with Crippen LogP contribution in [0.1, 0.15) is 19.3 Å². The average Bonchev–Trinajstić information content (AvgIpc) is 1.85. The lowest BCUT2D eigenvalue weighted by Gasteiger charge is -2.49. The summed E-state index contributed by atoms with van der Waals surface area (Å²) >= 11 is 0. The minimum absolute atomic E-state index is 0.549. The highest BCUT2D eigenvalue weighted by Gasteiger charge is 2.38. The fourth-order valence-corrected chi connectivity index (χ4v) is 2.19. The maximum absolute atomic E-state index is 3.55. The van der Waals surface area contributed by atoms with Crippen molar-refractivity contribution in [3.8, 4) is 0 Å². The lowest BCUT2D eigenvalue weighted by atomic mass is 9.80. The lowest BCUT2D eigenvalue weighted by molar-refractivity contribution is 0.0877. The number of nitrogens with one attached hydrogen (secondary N) is 1. The minimum Gasteiger partial charge on any atom is -0.310 e. The highest BCUT2D eigenvalue weighted by Crippen LogP contribution is 2.28. The zero-order chi connectivity index (χ0) is 7.03. The Bertz CT molecular complexity index is 129. The first-order valence-electron chi connectivity index (χ1n) is 4.24. The molecule has 1 N–H and O–H groups in total. The lowest BCUT2D eigenvalue weighted by Crippen LogP contribution is -2.64. The van der Waals surface area contributed by atoms with Gasteiger partial charge in [0, 0.05) is 12.1 Å². The summed E-state index contributed by atoms with van der Waals surface area (Å²) in [5, 5.41) is 3.55. The monoisotopic (exact) mass is 140 g/mol. The Balaban J connectivity index is 1.96. The van der Waals surface area contributed by atoms with Gasteiger partial charge in [0.1, 0.15) is 0 Å². The largest absolute Gasteiger partial charge is 0.310 e. The first-order valence-corrected chi connectivity index (χ1v) is 4.24. The zero-order valence-electron chi connectivity index (χ0n) is 6.69. The van der Waals surface area contributed by atoms with Crippen molar-refractivity contribution < 1.29 is 0 Å². The van der Waals surface area contributed by atoms with E-state index < -0.39 is 0 Å². The molecule has 0 aliphatic carbocycles. The molecule has 2 aliphatic heterocycles. The van der Waals surface area contributed by atoms with Crippen LogP contribution in [0.3, 0.4) is 0 Å². The van der Waals surface area contributed by atoms with E-state index in [2.05, 4.69) is 17.3 Å². The Morgan fingerprint density at radius 2 is 2.20 bits per heavy atom. The van der Waals surface area contributed by atoms with Crippen LogP contribution in [0.15, 0.2) is 0 Å². The second-order valence-corrected chi connectivity index (χ2v) is 3.80. The Morgan fingerprint density at radius 3 is 2.60 bits per heavy atom. The summed E-state index contributed by atoms with van der Waals surface area (Å²) in [5.74, 6) is 0. The molecule has 2 aliphatic rings. The van der Waals surface area contributed by atoms with E-state index in [1.807, 2.05) is 0 Å². The Labute approximate surface area is 62.6 Å². The topological polar surface area (TPSA) is 15.3 Å². The van der Waals surface area contributed by atoms with Crippen LogP contribution in [0, 0.1) is 0 Å². The molecule has 2 saturated heterocycles. The molecule has 2 heteroatoms. The molecule has 58 valence electrons. The smallest absolute Gasteiger partial charge is 0.0321 e. The maximum atomic E-state index is 3.55. The fourth-order valence-electron chi connectivity index (χ4n) is 2.19. The molecule has 0 aromatic rings. The minimum atomic E-state index is 0.549. The van der Waals surface area contributed by atoms with Crippen LogP contribution in [0.5, 0.6) is 0 Å². The van der Waals surface area contributed by atoms with Gasteiger partial charge in [-0.1, -0.05) is 0 Å². The van der Waals surface area contributed by atoms with E-state index in [1.165, 1.54) is 38.9 Å². The van der Waals surface area contributed by atoms with E-state index in [1.54, 1.807) is 0 Å². The van der Waals surface area contributed by atoms with Crippen molar-refractivity contribution in [2.24, 2.45) is 0 Å². The summed E-state index contributed by atoms with van der Waals surface area (Å²) in [6.07, 6.45) is 4.18. The molecular formula is C8H16N2. The molecule has 0 radical (unpaired) electrons. The molecule has 0 amide bonds. The second-order valence-electron chi connectivity index (χ2n) is 3.80. The van der Waals surface area contributed by atoms with E-state index in [-0.39, 0.29) is 0 Å². The molecule has 0 aromatic heterocycles. The van der Waals surface area contributed by atoms with Gasteiger partial charge >= 0.3 is 0 Å². The van der Waals surface area contributed by atoms with Crippen molar-refractivity contribution >= 4 is 0 Å². The Morgan fingerprint density at radius 1 is 1.40 bits per heavy atom. The number of nitrogens with zero attached hydrogens (tertiary/aromatic N) is 1. The van der Waals surface area contributed by atoms with Gasteiger partial charge in [-0.05, 0) is 39.4 Å². The Hall–Kier alpha value is -0.0800. The van der Waals surface area contributed by atoms with Crippen molar-refractivity contribution in [2.45, 2.75) is 24.8 Å². The summed E-state index contributed by atoms with van der Waals surface area (Å²) in [6.45, 7) is 3.81. The van der Waals surface area contributed by atoms with Gasteiger partial charge in [0.25, 0.3) is 0 Å². The molecule has 1 spiro atoms. The van der Waals surface area contributed by atoms with Crippen LogP contribution in [0.25, 0.3) is 0 Å². The van der Waals surface area contributed by atoms with Gasteiger partial charge in [-0.15, -0.1) is 0 Å². The summed E-state index contributed by atoms with van der Waals surface area (Å²) in [4.78, 5) is 2.44. The van der Waals surface area contributed by atoms with Gasteiger partial charge in [0.2, 0.25) is 0 Å². The van der Waals surface area contributed by atoms with Gasteiger partial charge < -0.3 is 10.2 Å². The standard InChI is InChI=1S/C8H16N2/c1-10-6-2-3-8(7-10)4-5-9-8/h9H,2-7H2,1H3/t8-/m1/s1. The molecule has 2 fully saturated rings. The van der Waals surface area contributed by atoms with E-state index >= 15 is 0 Å². The van der Waals surface area contributed by atoms with Gasteiger partial charge in [0.05, 0.1) is 0 Å². The van der Waals surface area contributed by atoms with Crippen LogP contribution >= 0.6 is 0 Å². The number of piperidine rings is 1. The van der Waals surface area contributed by atoms with Gasteiger partial charge in [-0.3, -0.25) is 0 Å². The van der Waals surface area contributed by atoms with Crippen molar-refractivity contribution in [1.82, 2.24) is 10.2 Å². The molecule has 2 nitrogen and oxygen atoms in total. The first-order chi connectivity index (χ1) is 4.81. The molecule has 0 bridgehead atoms. The number of likely N-dealkylation sites (N-methyl/N-ethyl adjacent to an activating group) is 1. The van der Waals surface area contributed by atoms with E-state index in [9.17, 15) is 0 Å². The second kappa shape index (κ2) is 2.21. The first kappa shape index (κ1) is 6.62. The van der Waals surface area contributed by atoms with E-state index in [0.717, 1.165) is 0 Å². The van der Waals surface area contributed by atoms with Crippen LogP contribution in [0.4, 0.5) is 0 Å². The van der Waals surface area contributed by atoms with Crippen LogP contribution in [-0.2, 0) is 0 Å². The highest BCUT2D eigenvalue weighted by atomic mass is 15.2. The third-order valence-electron chi connectivity index (χ3n) is 2.87. The third kappa shape index (κ3) is 0.956. The molecule has 0 aromatic carbocycles. The SMILES string of the molecule is CN1CCC[C@@]2(CCN2)C1. The zero-order valence-corrected chi connectivity index (χ0v) is 6.69. The number of rotatable bonds is 0. The molecule has 2 rings (SSSR count). The summed E-state index contributed by atoms with van der Waals surface area (Å²) in [5.41, 5.74) is 0.549. The molecular weight excluding hydrogens is 124 g/mol. The molecule has 0 saturated carbocycles. The van der Waals surface area contributed by atoms with Crippen molar-refractivity contribution in [3.63, 3.8) is 0 Å². The van der Waals surface area contributed by atoms with Crippen molar-refractivity contribution in [1.29, 1.82) is 0 Å². The van der Waals surface area contributed by atoms with Crippen molar-refractivity contribution in [2.75, 3.05) is 26.7 Å². The average molecular weight is 140 g/mol. The molecule has 10 heavy (non-hydrogen) atoms. The van der Waals surface area contributed by atoms with Gasteiger partial charge in [-0.25, -0.2) is 0 Å². The van der Waals surface area contributed by atoms with E-state index in [0.29, 0.717) is 5.54 Å². The number of hydrogen-bond donors (Lipinski definition) is 1. The van der Waals surface area contributed by atoms with Crippen LogP contribution in [-0.4, -0.2) is 37.1 Å². The van der Waals surface area contributed by atoms with Crippen LogP contribution in [0.2, 0.25) is 0 Å². The highest BCUT2D eigenvalue weighted by molar-refractivity contribution is 5.00. The van der Waals surface area contributed by atoms with Gasteiger partial charge in [-0.2, -0.15) is 0 Å². The third-order valence-corrected chi connectivity index (χ3v) is 2.87. The normalized spacial score (nSPS) is 41.7. The van der Waals surface area contributed by atoms with Crippen LogP contribution < -0.4 is 5.32 Å². The number of hydrogen-bond acceptors (Lipinski definition) is 2. The Kier molecular flexibility index (Phi) is 1.46. The molecule has 2 heterocycles. The predicted molar refractivity (Wildman–Crippen MR) is 42.1 cm³/mol. The maximum Gasteiger partial charge on any atom is 0.0321 e. The van der Waals surface area contributed by atoms with E-state index in [4.69, 9.17) is 0 Å².